The van der Waals surface area contributed by atoms with Gasteiger partial charge >= 0.3 is 5.69 Å². The van der Waals surface area contributed by atoms with Crippen LogP contribution in [0.25, 0.3) is 10.9 Å². The number of fused-ring (bicyclic) bond motifs is 1. The zero-order valence-electron chi connectivity index (χ0n) is 13.9. The van der Waals surface area contributed by atoms with Crippen LogP contribution < -0.4 is 5.56 Å². The Morgan fingerprint density at radius 1 is 1.41 bits per heavy atom. The average molecular weight is 452 g/mol. The number of hydrogen-bond acceptors (Lipinski definition) is 6. The lowest BCUT2D eigenvalue weighted by atomic mass is 10.2. The van der Waals surface area contributed by atoms with Gasteiger partial charge in [0.15, 0.2) is 0 Å². The molecule has 1 heterocycles. The Balaban J connectivity index is 2.15. The largest absolute Gasteiger partial charge is 0.501 e. The number of nitrogens with zero attached hydrogens (tertiary/aromatic N) is 4. The highest BCUT2D eigenvalue weighted by atomic mass is 79.9. The molecule has 3 aromatic rings. The molecule has 27 heavy (non-hydrogen) atoms. The van der Waals surface area contributed by atoms with E-state index in [1.54, 1.807) is 18.2 Å². The molecular formula is C17H12BrClN4O4. The number of aromatic hydroxyl groups is 1. The molecule has 0 saturated heterocycles. The molecule has 1 N–H and O–H groups in total. The zero-order valence-corrected chi connectivity index (χ0v) is 16.2. The SMILES string of the molecule is CCc1nc2ccc(Br)cc2c(=O)n1N=Cc1cc(Cl)c(O)c([N+](=O)[O-])c1. The Bertz CT molecular complexity index is 1160. The van der Waals surface area contributed by atoms with E-state index < -0.39 is 16.4 Å². The summed E-state index contributed by atoms with van der Waals surface area (Å²) in [5.41, 5.74) is -0.107. The van der Waals surface area contributed by atoms with Crippen molar-refractivity contribution < 1.29 is 10.0 Å². The van der Waals surface area contributed by atoms with Crippen LogP contribution in [0.2, 0.25) is 5.02 Å². The molecule has 2 aromatic carbocycles. The number of phenols is 1. The Morgan fingerprint density at radius 2 is 2.15 bits per heavy atom. The van der Waals surface area contributed by atoms with Crippen LogP contribution in [0.1, 0.15) is 18.3 Å². The van der Waals surface area contributed by atoms with Gasteiger partial charge in [-0.05, 0) is 24.3 Å². The van der Waals surface area contributed by atoms with Crippen LogP contribution in [0.3, 0.4) is 0 Å². The molecule has 0 amide bonds. The Hall–Kier alpha value is -2.78. The van der Waals surface area contributed by atoms with Gasteiger partial charge in [0.1, 0.15) is 5.82 Å². The normalized spacial score (nSPS) is 11.4. The van der Waals surface area contributed by atoms with Crippen LogP contribution in [-0.2, 0) is 6.42 Å². The summed E-state index contributed by atoms with van der Waals surface area (Å²) < 4.78 is 1.87. The van der Waals surface area contributed by atoms with Crippen LogP contribution in [-0.4, -0.2) is 25.9 Å². The van der Waals surface area contributed by atoms with E-state index in [0.29, 0.717) is 23.1 Å². The van der Waals surface area contributed by atoms with Crippen molar-refractivity contribution in [1.82, 2.24) is 9.66 Å². The van der Waals surface area contributed by atoms with Gasteiger partial charge in [-0.25, -0.2) is 4.98 Å². The number of hydrogen-bond donors (Lipinski definition) is 1. The van der Waals surface area contributed by atoms with Crippen molar-refractivity contribution in [2.45, 2.75) is 13.3 Å². The first kappa shape index (κ1) is 19.0. The van der Waals surface area contributed by atoms with Gasteiger partial charge < -0.3 is 5.11 Å². The second-order valence-corrected chi connectivity index (χ2v) is 6.86. The summed E-state index contributed by atoms with van der Waals surface area (Å²) in [5, 5.41) is 25.0. The minimum Gasteiger partial charge on any atom is -0.501 e. The van der Waals surface area contributed by atoms with Crippen molar-refractivity contribution in [2.24, 2.45) is 5.10 Å². The predicted octanol–water partition coefficient (Wildman–Crippen LogP) is 3.87. The number of nitro benzene ring substituents is 1. The van der Waals surface area contributed by atoms with Crippen LogP contribution in [0.5, 0.6) is 5.75 Å². The maximum absolute atomic E-state index is 12.8. The first-order valence-electron chi connectivity index (χ1n) is 7.74. The summed E-state index contributed by atoms with van der Waals surface area (Å²) in [6.45, 7) is 1.83. The number of rotatable bonds is 4. The fraction of sp³-hybridized carbons (Fsp3) is 0.118. The Morgan fingerprint density at radius 3 is 2.81 bits per heavy atom. The van der Waals surface area contributed by atoms with Gasteiger partial charge in [-0.1, -0.05) is 34.5 Å². The monoisotopic (exact) mass is 450 g/mol. The molecule has 0 aliphatic rings. The molecule has 0 spiro atoms. The molecule has 0 aliphatic carbocycles. The molecule has 0 radical (unpaired) electrons. The highest BCUT2D eigenvalue weighted by Gasteiger charge is 2.17. The average Bonchev–Trinajstić information content (AvgIpc) is 2.63. The van der Waals surface area contributed by atoms with E-state index in [4.69, 9.17) is 11.6 Å². The van der Waals surface area contributed by atoms with Crippen molar-refractivity contribution in [2.75, 3.05) is 0 Å². The molecule has 0 bridgehead atoms. The molecule has 138 valence electrons. The quantitative estimate of drug-likeness (QED) is 0.368. The summed E-state index contributed by atoms with van der Waals surface area (Å²) in [6.07, 6.45) is 1.71. The number of nitro groups is 1. The lowest BCUT2D eigenvalue weighted by molar-refractivity contribution is -0.385. The molecule has 0 unspecified atom stereocenters. The second-order valence-electron chi connectivity index (χ2n) is 5.53. The fourth-order valence-corrected chi connectivity index (χ4v) is 3.07. The third kappa shape index (κ3) is 3.69. The molecule has 0 aliphatic heterocycles. The maximum atomic E-state index is 12.8. The molecule has 3 rings (SSSR count). The standard InChI is InChI=1S/C17H12BrClN4O4/c1-2-15-21-13-4-3-10(18)7-11(13)17(25)22(15)20-8-9-5-12(19)16(24)14(6-9)23(26)27/h3-8,24H,2H2,1H3. The van der Waals surface area contributed by atoms with Gasteiger partial charge in [0.25, 0.3) is 5.56 Å². The summed E-state index contributed by atoms with van der Waals surface area (Å²) in [7, 11) is 0. The first-order chi connectivity index (χ1) is 12.8. The van der Waals surface area contributed by atoms with Gasteiger partial charge in [-0.15, -0.1) is 0 Å². The molecular weight excluding hydrogens is 440 g/mol. The Kier molecular flexibility index (Phi) is 5.24. The molecule has 8 nitrogen and oxygen atoms in total. The minimum atomic E-state index is -0.753. The van der Waals surface area contributed by atoms with E-state index in [1.807, 2.05) is 6.92 Å². The number of aryl methyl sites for hydroxylation is 1. The zero-order chi connectivity index (χ0) is 19.7. The van der Waals surface area contributed by atoms with Gasteiger partial charge in [0, 0.05) is 22.5 Å². The molecule has 10 heteroatoms. The van der Waals surface area contributed by atoms with Crippen LogP contribution >= 0.6 is 27.5 Å². The molecule has 0 saturated carbocycles. The van der Waals surface area contributed by atoms with E-state index in [0.717, 1.165) is 15.2 Å². The number of halogens is 2. The summed E-state index contributed by atoms with van der Waals surface area (Å²) in [5.74, 6) is -0.187. The van der Waals surface area contributed by atoms with Crippen molar-refractivity contribution in [3.8, 4) is 5.75 Å². The van der Waals surface area contributed by atoms with Crippen molar-refractivity contribution in [1.29, 1.82) is 0 Å². The van der Waals surface area contributed by atoms with E-state index in [2.05, 4.69) is 26.0 Å². The third-order valence-corrected chi connectivity index (χ3v) is 4.56. The van der Waals surface area contributed by atoms with Crippen LogP contribution in [0, 0.1) is 10.1 Å². The summed E-state index contributed by atoms with van der Waals surface area (Å²) in [4.78, 5) is 27.5. The number of phenolic OH excluding ortho intramolecular Hbond substituents is 1. The molecule has 0 fully saturated rings. The molecule has 1 aromatic heterocycles. The maximum Gasteiger partial charge on any atom is 0.312 e. The van der Waals surface area contributed by atoms with Crippen molar-refractivity contribution in [3.05, 3.63) is 71.7 Å². The van der Waals surface area contributed by atoms with Gasteiger partial charge in [-0.2, -0.15) is 9.78 Å². The molecule has 0 atom stereocenters. The van der Waals surface area contributed by atoms with E-state index >= 15 is 0 Å². The third-order valence-electron chi connectivity index (χ3n) is 3.78. The van der Waals surface area contributed by atoms with Crippen LogP contribution in [0.15, 0.2) is 44.7 Å². The topological polar surface area (TPSA) is 111 Å². The fourth-order valence-electron chi connectivity index (χ4n) is 2.49. The lowest BCUT2D eigenvalue weighted by Crippen LogP contribution is -2.22. The van der Waals surface area contributed by atoms with Crippen molar-refractivity contribution in [3.63, 3.8) is 0 Å². The van der Waals surface area contributed by atoms with E-state index in [9.17, 15) is 20.0 Å². The summed E-state index contributed by atoms with van der Waals surface area (Å²) in [6, 6.07) is 7.61. The number of benzene rings is 2. The van der Waals surface area contributed by atoms with Gasteiger partial charge in [-0.3, -0.25) is 14.9 Å². The Labute approximate surface area is 166 Å². The van der Waals surface area contributed by atoms with Gasteiger partial charge in [0.2, 0.25) is 5.75 Å². The van der Waals surface area contributed by atoms with E-state index in [1.165, 1.54) is 12.3 Å². The number of aromatic nitrogens is 2. The smallest absolute Gasteiger partial charge is 0.312 e. The summed E-state index contributed by atoms with van der Waals surface area (Å²) >= 11 is 9.15. The highest BCUT2D eigenvalue weighted by Crippen LogP contribution is 2.34. The second kappa shape index (κ2) is 7.45. The lowest BCUT2D eigenvalue weighted by Gasteiger charge is -2.08. The minimum absolute atomic E-state index is 0.186. The van der Waals surface area contributed by atoms with Gasteiger partial charge in [0.05, 0.1) is 27.1 Å². The van der Waals surface area contributed by atoms with Crippen molar-refractivity contribution >= 4 is 50.3 Å². The van der Waals surface area contributed by atoms with Crippen LogP contribution in [0.4, 0.5) is 5.69 Å². The van der Waals surface area contributed by atoms with E-state index in [-0.39, 0.29) is 16.1 Å². The first-order valence-corrected chi connectivity index (χ1v) is 8.91. The highest BCUT2D eigenvalue weighted by molar-refractivity contribution is 9.10. The predicted molar refractivity (Wildman–Crippen MR) is 106 cm³/mol.